The molecule has 1 unspecified atom stereocenters. The van der Waals surface area contributed by atoms with Gasteiger partial charge in [-0.25, -0.2) is 0 Å². The van der Waals surface area contributed by atoms with E-state index in [2.05, 4.69) is 38.1 Å². The van der Waals surface area contributed by atoms with E-state index in [-0.39, 0.29) is 11.5 Å². The zero-order chi connectivity index (χ0) is 13.9. The van der Waals surface area contributed by atoms with E-state index in [9.17, 15) is 0 Å². The zero-order valence-corrected chi connectivity index (χ0v) is 12.5. The van der Waals surface area contributed by atoms with Crippen LogP contribution in [0.4, 0.5) is 0 Å². The van der Waals surface area contributed by atoms with Crippen LogP contribution in [-0.2, 0) is 5.41 Å². The molecule has 1 saturated carbocycles. The van der Waals surface area contributed by atoms with Crippen LogP contribution in [0.5, 0.6) is 5.75 Å². The Morgan fingerprint density at radius 2 is 1.84 bits per heavy atom. The van der Waals surface area contributed by atoms with E-state index in [0.717, 1.165) is 18.8 Å². The van der Waals surface area contributed by atoms with Gasteiger partial charge in [0.1, 0.15) is 5.75 Å². The first-order valence-electron chi connectivity index (χ1n) is 7.57. The van der Waals surface area contributed by atoms with Crippen molar-refractivity contribution >= 4 is 0 Å². The van der Waals surface area contributed by atoms with Gasteiger partial charge in [0, 0.05) is 11.5 Å². The number of rotatable bonds is 6. The Hall–Kier alpha value is -1.02. The Kier molecular flexibility index (Phi) is 4.51. The van der Waals surface area contributed by atoms with Crippen LogP contribution < -0.4 is 10.5 Å². The van der Waals surface area contributed by atoms with Gasteiger partial charge in [-0.2, -0.15) is 0 Å². The maximum absolute atomic E-state index is 6.51. The molecule has 1 fully saturated rings. The van der Waals surface area contributed by atoms with E-state index in [1.54, 1.807) is 0 Å². The fourth-order valence-corrected chi connectivity index (χ4v) is 3.21. The van der Waals surface area contributed by atoms with Crippen LogP contribution in [0.25, 0.3) is 0 Å². The molecule has 1 aliphatic carbocycles. The van der Waals surface area contributed by atoms with Crippen LogP contribution in [0, 0.1) is 5.92 Å². The van der Waals surface area contributed by atoms with Crippen molar-refractivity contribution in [3.63, 3.8) is 0 Å². The van der Waals surface area contributed by atoms with Crippen molar-refractivity contribution in [3.8, 4) is 5.75 Å². The molecule has 0 aromatic heterocycles. The van der Waals surface area contributed by atoms with Gasteiger partial charge in [0.05, 0.1) is 6.61 Å². The number of ether oxygens (including phenoxy) is 1. The molecule has 0 spiro atoms. The van der Waals surface area contributed by atoms with E-state index < -0.39 is 0 Å². The highest BCUT2D eigenvalue weighted by molar-refractivity contribution is 5.35. The van der Waals surface area contributed by atoms with Crippen LogP contribution in [0.1, 0.15) is 52.0 Å². The largest absolute Gasteiger partial charge is 0.494 e. The molecule has 1 aromatic carbocycles. The van der Waals surface area contributed by atoms with Gasteiger partial charge in [-0.1, -0.05) is 32.4 Å². The third-order valence-electron chi connectivity index (χ3n) is 4.42. The third kappa shape index (κ3) is 2.94. The molecule has 19 heavy (non-hydrogen) atoms. The van der Waals surface area contributed by atoms with Crippen molar-refractivity contribution in [2.45, 2.75) is 57.9 Å². The fraction of sp³-hybridized carbons (Fsp3) is 0.647. The molecule has 2 rings (SSSR count). The van der Waals surface area contributed by atoms with Gasteiger partial charge >= 0.3 is 0 Å². The minimum atomic E-state index is 0.217. The van der Waals surface area contributed by atoms with Gasteiger partial charge in [-0.15, -0.1) is 0 Å². The molecule has 0 radical (unpaired) electrons. The number of benzene rings is 1. The summed E-state index contributed by atoms with van der Waals surface area (Å²) in [6.45, 7) is 7.24. The van der Waals surface area contributed by atoms with Gasteiger partial charge < -0.3 is 10.5 Å². The second-order valence-electron chi connectivity index (χ2n) is 6.20. The standard InChI is InChI=1S/C17H27NO/c1-4-19-15-8-6-14(7-9-15)17(10-5-11-17)16(18)12-13(2)3/h6-9,13,16H,4-5,10-12,18H2,1-3H3. The number of nitrogens with two attached hydrogens (primary N) is 1. The lowest BCUT2D eigenvalue weighted by Gasteiger charge is -2.47. The zero-order valence-electron chi connectivity index (χ0n) is 12.5. The van der Waals surface area contributed by atoms with Crippen molar-refractivity contribution in [1.82, 2.24) is 0 Å². The molecule has 0 heterocycles. The quantitative estimate of drug-likeness (QED) is 0.843. The molecule has 0 aliphatic heterocycles. The summed E-state index contributed by atoms with van der Waals surface area (Å²) in [5.74, 6) is 1.62. The van der Waals surface area contributed by atoms with E-state index in [4.69, 9.17) is 10.5 Å². The first-order chi connectivity index (χ1) is 9.08. The first kappa shape index (κ1) is 14.4. The number of hydrogen-bond donors (Lipinski definition) is 1. The highest BCUT2D eigenvalue weighted by atomic mass is 16.5. The number of hydrogen-bond acceptors (Lipinski definition) is 2. The normalized spacial score (nSPS) is 19.0. The second kappa shape index (κ2) is 5.96. The van der Waals surface area contributed by atoms with Crippen molar-refractivity contribution in [3.05, 3.63) is 29.8 Å². The van der Waals surface area contributed by atoms with E-state index in [1.807, 2.05) is 6.92 Å². The van der Waals surface area contributed by atoms with E-state index >= 15 is 0 Å². The Balaban J connectivity index is 2.16. The maximum atomic E-state index is 6.51. The summed E-state index contributed by atoms with van der Waals surface area (Å²) in [6, 6.07) is 8.87. The Labute approximate surface area is 117 Å². The van der Waals surface area contributed by atoms with Gasteiger partial charge in [0.15, 0.2) is 0 Å². The molecule has 0 saturated heterocycles. The SMILES string of the molecule is CCOc1ccc(C2(C(N)CC(C)C)CCC2)cc1. The van der Waals surface area contributed by atoms with Crippen LogP contribution in [0.2, 0.25) is 0 Å². The lowest BCUT2D eigenvalue weighted by atomic mass is 9.59. The van der Waals surface area contributed by atoms with Crippen molar-refractivity contribution in [2.24, 2.45) is 11.7 Å². The molecule has 1 atom stereocenters. The van der Waals surface area contributed by atoms with Crippen molar-refractivity contribution in [1.29, 1.82) is 0 Å². The van der Waals surface area contributed by atoms with Crippen molar-refractivity contribution in [2.75, 3.05) is 6.61 Å². The molecule has 1 aromatic rings. The molecule has 1 aliphatic rings. The minimum Gasteiger partial charge on any atom is -0.494 e. The van der Waals surface area contributed by atoms with Crippen molar-refractivity contribution < 1.29 is 4.74 Å². The summed E-state index contributed by atoms with van der Waals surface area (Å²) in [7, 11) is 0. The Morgan fingerprint density at radius 3 is 2.26 bits per heavy atom. The first-order valence-corrected chi connectivity index (χ1v) is 7.57. The predicted molar refractivity (Wildman–Crippen MR) is 80.6 cm³/mol. The van der Waals surface area contributed by atoms with Gasteiger partial charge in [-0.05, 0) is 49.8 Å². The lowest BCUT2D eigenvalue weighted by Crippen LogP contribution is -2.50. The highest BCUT2D eigenvalue weighted by Crippen LogP contribution is 2.47. The molecular formula is C17H27NO. The highest BCUT2D eigenvalue weighted by Gasteiger charge is 2.43. The second-order valence-corrected chi connectivity index (χ2v) is 6.20. The molecule has 106 valence electrons. The Bertz CT molecular complexity index is 392. The molecule has 2 N–H and O–H groups in total. The summed E-state index contributed by atoms with van der Waals surface area (Å²) in [6.07, 6.45) is 4.87. The van der Waals surface area contributed by atoms with Crippen LogP contribution >= 0.6 is 0 Å². The average molecular weight is 261 g/mol. The maximum Gasteiger partial charge on any atom is 0.119 e. The summed E-state index contributed by atoms with van der Waals surface area (Å²) in [5, 5.41) is 0. The van der Waals surface area contributed by atoms with Gasteiger partial charge in [0.2, 0.25) is 0 Å². The molecule has 2 nitrogen and oxygen atoms in total. The van der Waals surface area contributed by atoms with E-state index in [0.29, 0.717) is 5.92 Å². The molecule has 0 bridgehead atoms. The minimum absolute atomic E-state index is 0.217. The summed E-state index contributed by atoms with van der Waals surface area (Å²) in [4.78, 5) is 0. The van der Waals surface area contributed by atoms with Gasteiger partial charge in [0.25, 0.3) is 0 Å². The summed E-state index contributed by atoms with van der Waals surface area (Å²) < 4.78 is 5.52. The van der Waals surface area contributed by atoms with Gasteiger partial charge in [-0.3, -0.25) is 0 Å². The third-order valence-corrected chi connectivity index (χ3v) is 4.42. The Morgan fingerprint density at radius 1 is 1.21 bits per heavy atom. The predicted octanol–water partition coefficient (Wildman–Crippen LogP) is 3.88. The lowest BCUT2D eigenvalue weighted by molar-refractivity contribution is 0.178. The average Bonchev–Trinajstić information content (AvgIpc) is 2.29. The van der Waals surface area contributed by atoms with Crippen LogP contribution in [-0.4, -0.2) is 12.6 Å². The molecule has 2 heteroatoms. The monoisotopic (exact) mass is 261 g/mol. The summed E-state index contributed by atoms with van der Waals surface area (Å²) >= 11 is 0. The molecular weight excluding hydrogens is 234 g/mol. The van der Waals surface area contributed by atoms with Crippen LogP contribution in [0.3, 0.4) is 0 Å². The van der Waals surface area contributed by atoms with Crippen LogP contribution in [0.15, 0.2) is 24.3 Å². The smallest absolute Gasteiger partial charge is 0.119 e. The summed E-state index contributed by atoms with van der Waals surface area (Å²) in [5.41, 5.74) is 8.13. The fourth-order valence-electron chi connectivity index (χ4n) is 3.21. The molecule has 0 amide bonds. The van der Waals surface area contributed by atoms with E-state index in [1.165, 1.54) is 24.8 Å². The topological polar surface area (TPSA) is 35.2 Å².